The first-order valence-corrected chi connectivity index (χ1v) is 7.76. The second-order valence-electron chi connectivity index (χ2n) is 6.29. The van der Waals surface area contributed by atoms with Gasteiger partial charge in [-0.3, -0.25) is 14.9 Å². The van der Waals surface area contributed by atoms with Gasteiger partial charge in [0.15, 0.2) is 5.82 Å². The number of para-hydroxylation sites is 1. The summed E-state index contributed by atoms with van der Waals surface area (Å²) in [5.74, 6) is 0.0913. The van der Waals surface area contributed by atoms with Crippen LogP contribution in [0.4, 0.5) is 5.69 Å². The lowest BCUT2D eigenvalue weighted by Crippen LogP contribution is -2.19. The Kier molecular flexibility index (Phi) is 4.04. The van der Waals surface area contributed by atoms with E-state index in [9.17, 15) is 14.9 Å². The predicted octanol–water partition coefficient (Wildman–Crippen LogP) is 2.77. The van der Waals surface area contributed by atoms with Crippen molar-refractivity contribution in [3.05, 3.63) is 39.7 Å². The fourth-order valence-electron chi connectivity index (χ4n) is 2.50. The maximum absolute atomic E-state index is 12.3. The van der Waals surface area contributed by atoms with Crippen LogP contribution in [0, 0.1) is 23.0 Å². The summed E-state index contributed by atoms with van der Waals surface area (Å²) < 4.78 is 5.30. The Bertz CT molecular complexity index is 799. The summed E-state index contributed by atoms with van der Waals surface area (Å²) in [5.41, 5.74) is 1.99. The summed E-state index contributed by atoms with van der Waals surface area (Å²) in [6, 6.07) is 4.67. The van der Waals surface area contributed by atoms with Gasteiger partial charge >= 0.3 is 0 Å². The van der Waals surface area contributed by atoms with Gasteiger partial charge < -0.3 is 9.84 Å². The maximum atomic E-state index is 12.3. The third-order valence-corrected chi connectivity index (χ3v) is 4.07. The number of nitrogens with zero attached hydrogens (tertiary/aromatic N) is 3. The molecule has 0 radical (unpaired) electrons. The summed E-state index contributed by atoms with van der Waals surface area (Å²) in [5, 5.41) is 17.5. The lowest BCUT2D eigenvalue weighted by molar-refractivity contribution is -0.497. The largest absolute Gasteiger partial charge is 0.334 e. The third-order valence-electron chi connectivity index (χ3n) is 4.07. The van der Waals surface area contributed by atoms with Crippen LogP contribution in [-0.4, -0.2) is 27.0 Å². The average Bonchev–Trinajstić information content (AvgIpc) is 3.19. The van der Waals surface area contributed by atoms with Crippen LogP contribution in [0.3, 0.4) is 0 Å². The minimum Gasteiger partial charge on any atom is -0.334 e. The molecular formula is C16H18N4O4. The molecule has 1 heterocycles. The molecule has 1 aliphatic carbocycles. The predicted molar refractivity (Wildman–Crippen MR) is 86.1 cm³/mol. The Balaban J connectivity index is 1.88. The van der Waals surface area contributed by atoms with Gasteiger partial charge in [0.05, 0.1) is 11.3 Å². The minimum atomic E-state index is -0.784. The van der Waals surface area contributed by atoms with Gasteiger partial charge in [0.25, 0.3) is 5.89 Å². The van der Waals surface area contributed by atoms with E-state index < -0.39 is 16.9 Å². The Morgan fingerprint density at radius 2 is 2.21 bits per heavy atom. The van der Waals surface area contributed by atoms with Crippen molar-refractivity contribution in [1.29, 1.82) is 0 Å². The highest BCUT2D eigenvalue weighted by Crippen LogP contribution is 2.36. The van der Waals surface area contributed by atoms with Crippen molar-refractivity contribution in [2.75, 3.05) is 5.32 Å². The van der Waals surface area contributed by atoms with Crippen LogP contribution >= 0.6 is 0 Å². The molecule has 2 atom stereocenters. The number of rotatable bonds is 5. The van der Waals surface area contributed by atoms with Crippen molar-refractivity contribution in [3.63, 3.8) is 0 Å². The number of nitro groups is 1. The van der Waals surface area contributed by atoms with E-state index in [1.165, 1.54) is 0 Å². The molecule has 8 nitrogen and oxygen atoms in total. The molecule has 0 spiro atoms. The summed E-state index contributed by atoms with van der Waals surface area (Å²) in [4.78, 5) is 26.9. The van der Waals surface area contributed by atoms with Crippen LogP contribution in [0.15, 0.2) is 22.7 Å². The molecule has 8 heteroatoms. The van der Waals surface area contributed by atoms with Crippen LogP contribution in [0.5, 0.6) is 0 Å². The van der Waals surface area contributed by atoms with E-state index in [1.807, 2.05) is 32.9 Å². The fourth-order valence-corrected chi connectivity index (χ4v) is 2.50. The number of aryl methyl sites for hydroxylation is 1. The normalized spacial score (nSPS) is 19.3. The average molecular weight is 330 g/mol. The van der Waals surface area contributed by atoms with Gasteiger partial charge in [-0.1, -0.05) is 31.1 Å². The van der Waals surface area contributed by atoms with Crippen molar-refractivity contribution in [2.24, 2.45) is 5.92 Å². The molecular weight excluding hydrogens is 312 g/mol. The topological polar surface area (TPSA) is 111 Å². The number of hydrogen-bond acceptors (Lipinski definition) is 6. The zero-order valence-electron chi connectivity index (χ0n) is 13.6. The first kappa shape index (κ1) is 16.1. The highest BCUT2D eigenvalue weighted by molar-refractivity contribution is 5.98. The van der Waals surface area contributed by atoms with Gasteiger partial charge in [-0.15, -0.1) is 0 Å². The van der Waals surface area contributed by atoms with Gasteiger partial charge in [0.2, 0.25) is 11.9 Å². The number of benzene rings is 1. The molecule has 1 aromatic heterocycles. The van der Waals surface area contributed by atoms with E-state index in [0.29, 0.717) is 23.0 Å². The monoisotopic (exact) mass is 330 g/mol. The smallest absolute Gasteiger partial charge is 0.260 e. The quantitative estimate of drug-likeness (QED) is 0.666. The summed E-state index contributed by atoms with van der Waals surface area (Å²) in [6.07, 6.45) is 0.276. The maximum Gasteiger partial charge on any atom is 0.260 e. The number of aromatic nitrogens is 2. The van der Waals surface area contributed by atoms with Crippen LogP contribution in [-0.2, 0) is 4.79 Å². The first-order valence-electron chi connectivity index (χ1n) is 7.76. The van der Waals surface area contributed by atoms with Gasteiger partial charge in [0.1, 0.15) is 5.92 Å². The van der Waals surface area contributed by atoms with E-state index in [2.05, 4.69) is 15.5 Å². The molecule has 1 amide bonds. The molecule has 1 N–H and O–H groups in total. The Morgan fingerprint density at radius 3 is 2.79 bits per heavy atom. The van der Waals surface area contributed by atoms with Crippen LogP contribution in [0.1, 0.15) is 37.6 Å². The first-order chi connectivity index (χ1) is 11.4. The van der Waals surface area contributed by atoms with Crippen LogP contribution < -0.4 is 5.32 Å². The molecule has 3 rings (SSSR count). The Labute approximate surface area is 138 Å². The molecule has 1 aromatic carbocycles. The molecule has 0 aliphatic heterocycles. The van der Waals surface area contributed by atoms with Gasteiger partial charge in [0, 0.05) is 17.3 Å². The second-order valence-corrected chi connectivity index (χ2v) is 6.29. The van der Waals surface area contributed by atoms with Crippen molar-refractivity contribution in [2.45, 2.75) is 39.2 Å². The zero-order valence-corrected chi connectivity index (χ0v) is 13.6. The summed E-state index contributed by atoms with van der Waals surface area (Å²) in [6.45, 7) is 5.76. The van der Waals surface area contributed by atoms with Crippen LogP contribution in [0.2, 0.25) is 0 Å². The number of nitrogens with one attached hydrogen (secondary N) is 1. The molecule has 1 fully saturated rings. The van der Waals surface area contributed by atoms with Gasteiger partial charge in [-0.25, -0.2) is 0 Å². The lowest BCUT2D eigenvalue weighted by atomic mass is 10.1. The van der Waals surface area contributed by atoms with Crippen molar-refractivity contribution >= 4 is 11.6 Å². The molecule has 0 saturated heterocycles. The summed E-state index contributed by atoms with van der Waals surface area (Å²) in [7, 11) is 0. The Hall–Kier alpha value is -2.77. The van der Waals surface area contributed by atoms with E-state index >= 15 is 0 Å². The second kappa shape index (κ2) is 6.03. The van der Waals surface area contributed by atoms with E-state index in [4.69, 9.17) is 4.52 Å². The zero-order chi connectivity index (χ0) is 17.4. The van der Waals surface area contributed by atoms with Crippen molar-refractivity contribution < 1.29 is 14.2 Å². The van der Waals surface area contributed by atoms with Crippen molar-refractivity contribution in [1.82, 2.24) is 10.1 Å². The minimum absolute atomic E-state index is 0.123. The molecule has 1 aliphatic rings. The standard InChI is InChI=1S/C16H18N4O4/c1-8(2)14-18-16(24-19-14)10-6-4-5-9(3)13(10)17-15(21)11-7-12(11)20(22)23/h4-6,8,11-12H,7H2,1-3H3,(H,17,21). The van der Waals surface area contributed by atoms with Gasteiger partial charge in [-0.05, 0) is 18.6 Å². The molecule has 1 saturated carbocycles. The summed E-state index contributed by atoms with van der Waals surface area (Å²) >= 11 is 0. The third kappa shape index (κ3) is 2.99. The highest BCUT2D eigenvalue weighted by atomic mass is 16.6. The van der Waals surface area contributed by atoms with Crippen molar-refractivity contribution in [3.8, 4) is 11.5 Å². The molecule has 126 valence electrons. The van der Waals surface area contributed by atoms with E-state index in [-0.39, 0.29) is 18.2 Å². The SMILES string of the molecule is Cc1cccc(-c2nc(C(C)C)no2)c1NC(=O)C1CC1[N+](=O)[O-]. The Morgan fingerprint density at radius 1 is 1.46 bits per heavy atom. The van der Waals surface area contributed by atoms with Gasteiger partial charge in [-0.2, -0.15) is 4.98 Å². The number of hydrogen-bond donors (Lipinski definition) is 1. The highest BCUT2D eigenvalue weighted by Gasteiger charge is 2.53. The van der Waals surface area contributed by atoms with E-state index in [0.717, 1.165) is 5.56 Å². The fraction of sp³-hybridized carbons (Fsp3) is 0.438. The molecule has 2 unspecified atom stereocenters. The van der Waals surface area contributed by atoms with Crippen LogP contribution in [0.25, 0.3) is 11.5 Å². The number of amides is 1. The lowest BCUT2D eigenvalue weighted by Gasteiger charge is -2.11. The number of carbonyl (C=O) groups excluding carboxylic acids is 1. The molecule has 0 bridgehead atoms. The number of carbonyl (C=O) groups is 1. The molecule has 24 heavy (non-hydrogen) atoms. The van der Waals surface area contributed by atoms with E-state index in [1.54, 1.807) is 6.07 Å². The number of anilines is 1. The molecule has 2 aromatic rings.